The van der Waals surface area contributed by atoms with Gasteiger partial charge in [0.05, 0.1) is 11.4 Å². The monoisotopic (exact) mass is 516 g/mol. The van der Waals surface area contributed by atoms with Crippen molar-refractivity contribution in [3.63, 3.8) is 0 Å². The molecule has 0 saturated heterocycles. The summed E-state index contributed by atoms with van der Waals surface area (Å²) in [6, 6.07) is 49.0. The van der Waals surface area contributed by atoms with Crippen LogP contribution in [0.25, 0.3) is 56.2 Å². The topological polar surface area (TPSA) is 25.8 Å². The van der Waals surface area contributed by atoms with Gasteiger partial charge in [0.2, 0.25) is 0 Å². The first kappa shape index (κ1) is 25.5. The van der Waals surface area contributed by atoms with Crippen molar-refractivity contribution in [2.75, 3.05) is 0 Å². The Morgan fingerprint density at radius 2 is 0.800 bits per heavy atom. The lowest BCUT2D eigenvalue weighted by Gasteiger charge is -2.11. The maximum atomic E-state index is 5.05. The molecule has 0 radical (unpaired) electrons. The maximum absolute atomic E-state index is 5.05. The van der Waals surface area contributed by atoms with E-state index < -0.39 is 0 Å². The standard InChI is InChI=1S/C38H32N2/c1-27(2)25-28-13-15-33(16-14-28)36-26-37(34-21-17-31(18-22-34)29-9-5-3-6-10-29)40-38(39-36)35-23-19-32(20-24-35)30-11-7-4-8-12-30/h3-24,26-27H,25H2,1-2H3. The molecule has 2 heteroatoms. The zero-order chi connectivity index (χ0) is 27.3. The summed E-state index contributed by atoms with van der Waals surface area (Å²) in [5.41, 5.74) is 11.1. The lowest BCUT2D eigenvalue weighted by atomic mass is 9.99. The minimum absolute atomic E-state index is 0.626. The number of benzene rings is 5. The summed E-state index contributed by atoms with van der Waals surface area (Å²) in [6.07, 6.45) is 1.07. The molecule has 6 rings (SSSR count). The van der Waals surface area contributed by atoms with E-state index in [1.54, 1.807) is 0 Å². The van der Waals surface area contributed by atoms with Crippen molar-refractivity contribution in [3.8, 4) is 56.2 Å². The third kappa shape index (κ3) is 5.77. The SMILES string of the molecule is CC(C)Cc1ccc(-c2cc(-c3ccc(-c4ccccc4)cc3)nc(-c3ccc(-c4ccccc4)cc3)n2)cc1. The molecule has 2 nitrogen and oxygen atoms in total. The Kier molecular flexibility index (Phi) is 7.32. The molecule has 194 valence electrons. The van der Waals surface area contributed by atoms with Crippen molar-refractivity contribution in [3.05, 3.63) is 145 Å². The summed E-state index contributed by atoms with van der Waals surface area (Å²) in [4.78, 5) is 10.1. The second kappa shape index (κ2) is 11.5. The minimum Gasteiger partial charge on any atom is -0.228 e. The smallest absolute Gasteiger partial charge is 0.160 e. The maximum Gasteiger partial charge on any atom is 0.160 e. The van der Waals surface area contributed by atoms with Gasteiger partial charge in [-0.3, -0.25) is 0 Å². The molecule has 0 aliphatic rings. The molecule has 0 saturated carbocycles. The zero-order valence-electron chi connectivity index (χ0n) is 23.0. The van der Waals surface area contributed by atoms with Gasteiger partial charge in [0.1, 0.15) is 0 Å². The van der Waals surface area contributed by atoms with Crippen LogP contribution in [0.3, 0.4) is 0 Å². The summed E-state index contributed by atoms with van der Waals surface area (Å²) < 4.78 is 0. The zero-order valence-corrected chi connectivity index (χ0v) is 23.0. The Bertz CT molecular complexity index is 1580. The van der Waals surface area contributed by atoms with Crippen LogP contribution in [0, 0.1) is 5.92 Å². The number of hydrogen-bond acceptors (Lipinski definition) is 2. The highest BCUT2D eigenvalue weighted by molar-refractivity contribution is 5.75. The van der Waals surface area contributed by atoms with Crippen molar-refractivity contribution < 1.29 is 0 Å². The lowest BCUT2D eigenvalue weighted by molar-refractivity contribution is 0.647. The van der Waals surface area contributed by atoms with Crippen molar-refractivity contribution in [2.45, 2.75) is 20.3 Å². The quantitative estimate of drug-likeness (QED) is 0.211. The first-order chi connectivity index (χ1) is 19.6. The molecule has 0 N–H and O–H groups in total. The predicted octanol–water partition coefficient (Wildman–Crippen LogP) is 10.0. The van der Waals surface area contributed by atoms with Crippen LogP contribution in [0.4, 0.5) is 0 Å². The van der Waals surface area contributed by atoms with Crippen molar-refractivity contribution in [1.82, 2.24) is 9.97 Å². The van der Waals surface area contributed by atoms with Gasteiger partial charge in [-0.25, -0.2) is 9.97 Å². The Balaban J connectivity index is 1.40. The third-order valence-electron chi connectivity index (χ3n) is 7.16. The second-order valence-electron chi connectivity index (χ2n) is 10.6. The van der Waals surface area contributed by atoms with Gasteiger partial charge < -0.3 is 0 Å². The molecule has 0 bridgehead atoms. The summed E-state index contributed by atoms with van der Waals surface area (Å²) >= 11 is 0. The molecule has 0 unspecified atom stereocenters. The highest BCUT2D eigenvalue weighted by atomic mass is 14.9. The molecular formula is C38H32N2. The molecule has 6 aromatic rings. The molecule has 1 aromatic heterocycles. The number of aromatic nitrogens is 2. The lowest BCUT2D eigenvalue weighted by Crippen LogP contribution is -1.97. The van der Waals surface area contributed by atoms with E-state index in [9.17, 15) is 0 Å². The Hall–Kier alpha value is -4.82. The number of rotatable bonds is 7. The molecule has 0 aliphatic heterocycles. The van der Waals surface area contributed by atoms with Gasteiger partial charge in [-0.2, -0.15) is 0 Å². The van der Waals surface area contributed by atoms with Crippen LogP contribution >= 0.6 is 0 Å². The van der Waals surface area contributed by atoms with E-state index in [4.69, 9.17) is 9.97 Å². The molecule has 0 spiro atoms. The number of nitrogens with zero attached hydrogens (tertiary/aromatic N) is 2. The average molecular weight is 517 g/mol. The van der Waals surface area contributed by atoms with Gasteiger partial charge in [-0.05, 0) is 46.2 Å². The molecular weight excluding hydrogens is 484 g/mol. The largest absolute Gasteiger partial charge is 0.228 e. The van der Waals surface area contributed by atoms with E-state index in [0.717, 1.165) is 40.3 Å². The molecule has 1 heterocycles. The van der Waals surface area contributed by atoms with Gasteiger partial charge in [0.15, 0.2) is 5.82 Å². The van der Waals surface area contributed by atoms with Crippen LogP contribution in [0.2, 0.25) is 0 Å². The van der Waals surface area contributed by atoms with Gasteiger partial charge in [0.25, 0.3) is 0 Å². The summed E-state index contributed by atoms with van der Waals surface area (Å²) in [5.74, 6) is 1.35. The van der Waals surface area contributed by atoms with Crippen molar-refractivity contribution in [1.29, 1.82) is 0 Å². The fourth-order valence-corrected chi connectivity index (χ4v) is 5.06. The first-order valence-electron chi connectivity index (χ1n) is 13.9. The Morgan fingerprint density at radius 1 is 0.425 bits per heavy atom. The van der Waals surface area contributed by atoms with Gasteiger partial charge in [-0.15, -0.1) is 0 Å². The van der Waals surface area contributed by atoms with E-state index in [0.29, 0.717) is 5.92 Å². The molecule has 0 atom stereocenters. The van der Waals surface area contributed by atoms with Crippen molar-refractivity contribution in [2.24, 2.45) is 5.92 Å². The fourth-order valence-electron chi connectivity index (χ4n) is 5.06. The van der Waals surface area contributed by atoms with Crippen LogP contribution in [-0.2, 0) is 6.42 Å². The highest BCUT2D eigenvalue weighted by Crippen LogP contribution is 2.30. The summed E-state index contributed by atoms with van der Waals surface area (Å²) in [5, 5.41) is 0. The second-order valence-corrected chi connectivity index (χ2v) is 10.6. The Labute approximate surface area is 237 Å². The highest BCUT2D eigenvalue weighted by Gasteiger charge is 2.12. The third-order valence-corrected chi connectivity index (χ3v) is 7.16. The normalized spacial score (nSPS) is 11.1. The summed E-state index contributed by atoms with van der Waals surface area (Å²) in [6.45, 7) is 4.51. The number of hydrogen-bond donors (Lipinski definition) is 0. The van der Waals surface area contributed by atoms with E-state index >= 15 is 0 Å². The predicted molar refractivity (Wildman–Crippen MR) is 168 cm³/mol. The summed E-state index contributed by atoms with van der Waals surface area (Å²) in [7, 11) is 0. The van der Waals surface area contributed by atoms with E-state index in [1.165, 1.54) is 27.8 Å². The van der Waals surface area contributed by atoms with Gasteiger partial charge >= 0.3 is 0 Å². The molecule has 0 amide bonds. The average Bonchev–Trinajstić information content (AvgIpc) is 3.02. The van der Waals surface area contributed by atoms with Crippen LogP contribution in [0.1, 0.15) is 19.4 Å². The molecule has 40 heavy (non-hydrogen) atoms. The van der Waals surface area contributed by atoms with E-state index in [-0.39, 0.29) is 0 Å². The van der Waals surface area contributed by atoms with Crippen LogP contribution in [-0.4, -0.2) is 9.97 Å². The molecule has 5 aromatic carbocycles. The van der Waals surface area contributed by atoms with Crippen LogP contribution < -0.4 is 0 Å². The van der Waals surface area contributed by atoms with Gasteiger partial charge in [-0.1, -0.05) is 147 Å². The molecule has 0 aliphatic carbocycles. The van der Waals surface area contributed by atoms with Gasteiger partial charge in [0, 0.05) is 16.7 Å². The van der Waals surface area contributed by atoms with Crippen LogP contribution in [0.15, 0.2) is 140 Å². The minimum atomic E-state index is 0.626. The van der Waals surface area contributed by atoms with Crippen LogP contribution in [0.5, 0.6) is 0 Å². The fraction of sp³-hybridized carbons (Fsp3) is 0.105. The van der Waals surface area contributed by atoms with E-state index in [1.807, 2.05) is 12.1 Å². The Morgan fingerprint density at radius 3 is 1.25 bits per heavy atom. The first-order valence-corrected chi connectivity index (χ1v) is 13.9. The molecule has 0 fully saturated rings. The van der Waals surface area contributed by atoms with Crippen molar-refractivity contribution >= 4 is 0 Å². The van der Waals surface area contributed by atoms with E-state index in [2.05, 4.69) is 141 Å².